The topological polar surface area (TPSA) is 40.5 Å². The van der Waals surface area contributed by atoms with Gasteiger partial charge in [0.05, 0.1) is 6.04 Å². The lowest BCUT2D eigenvalue weighted by molar-refractivity contribution is 0.0971. The number of carbonyl (C=O) groups is 1. The summed E-state index contributed by atoms with van der Waals surface area (Å²) in [6.45, 7) is 6.23. The predicted octanol–water partition coefficient (Wildman–Crippen LogP) is 6.03. The van der Waals surface area contributed by atoms with Crippen molar-refractivity contribution in [2.24, 2.45) is 0 Å². The molecule has 3 aromatic rings. The lowest BCUT2D eigenvalue weighted by atomic mass is 9.77. The number of anilines is 1. The van der Waals surface area contributed by atoms with Crippen LogP contribution in [-0.4, -0.2) is 11.0 Å². The van der Waals surface area contributed by atoms with Crippen molar-refractivity contribution in [3.8, 4) is 5.75 Å². The summed E-state index contributed by atoms with van der Waals surface area (Å²) in [4.78, 5) is 15.4. The normalized spacial score (nSPS) is 17.4. The summed E-state index contributed by atoms with van der Waals surface area (Å²) in [6.07, 6.45) is 0. The van der Waals surface area contributed by atoms with E-state index in [4.69, 9.17) is 11.6 Å². The molecule has 0 radical (unpaired) electrons. The van der Waals surface area contributed by atoms with Crippen molar-refractivity contribution in [1.29, 1.82) is 0 Å². The fourth-order valence-electron chi connectivity index (χ4n) is 4.22. The molecule has 0 aliphatic carbocycles. The fraction of sp³-hybridized carbons (Fsp3) is 0.208. The molecule has 1 heterocycles. The molecule has 142 valence electrons. The number of aryl methyl sites for hydroxylation is 1. The van der Waals surface area contributed by atoms with E-state index in [1.807, 2.05) is 42.2 Å². The lowest BCUT2D eigenvalue weighted by Gasteiger charge is -2.34. The van der Waals surface area contributed by atoms with E-state index < -0.39 is 0 Å². The summed E-state index contributed by atoms with van der Waals surface area (Å²) in [6, 6.07) is 20.1. The number of aromatic hydroxyl groups is 1. The van der Waals surface area contributed by atoms with Crippen molar-refractivity contribution < 1.29 is 9.90 Å². The molecule has 28 heavy (non-hydrogen) atoms. The highest BCUT2D eigenvalue weighted by molar-refractivity contribution is 6.30. The Hall–Kier alpha value is -2.78. The van der Waals surface area contributed by atoms with E-state index in [0.29, 0.717) is 10.6 Å². The summed E-state index contributed by atoms with van der Waals surface area (Å²) in [7, 11) is 0. The molecule has 3 nitrogen and oxygen atoms in total. The number of fused-ring (bicyclic) bond motifs is 1. The molecule has 0 aromatic heterocycles. The van der Waals surface area contributed by atoms with Gasteiger partial charge in [-0.2, -0.15) is 0 Å². The van der Waals surface area contributed by atoms with Gasteiger partial charge in [-0.25, -0.2) is 0 Å². The van der Waals surface area contributed by atoms with Gasteiger partial charge in [-0.1, -0.05) is 61.3 Å². The average Bonchev–Trinajstić information content (AvgIpc) is 2.91. The number of amides is 1. The van der Waals surface area contributed by atoms with E-state index in [1.54, 1.807) is 30.3 Å². The summed E-state index contributed by atoms with van der Waals surface area (Å²) >= 11 is 6.01. The van der Waals surface area contributed by atoms with Crippen molar-refractivity contribution in [2.45, 2.75) is 32.2 Å². The van der Waals surface area contributed by atoms with E-state index in [-0.39, 0.29) is 23.1 Å². The molecule has 1 atom stereocenters. The van der Waals surface area contributed by atoms with Gasteiger partial charge in [0.2, 0.25) is 0 Å². The molecule has 4 heteroatoms. The Morgan fingerprint density at radius 3 is 2.43 bits per heavy atom. The minimum absolute atomic E-state index is 0.111. The van der Waals surface area contributed by atoms with Crippen LogP contribution in [0.5, 0.6) is 5.75 Å². The Bertz CT molecular complexity index is 1060. The molecule has 1 aliphatic rings. The van der Waals surface area contributed by atoms with Crippen LogP contribution in [0, 0.1) is 6.92 Å². The number of phenolic OH excluding ortho intramolecular Hbond substituents is 1. The van der Waals surface area contributed by atoms with Crippen LogP contribution in [0.25, 0.3) is 0 Å². The van der Waals surface area contributed by atoms with E-state index in [0.717, 1.165) is 22.4 Å². The van der Waals surface area contributed by atoms with Crippen LogP contribution < -0.4 is 4.90 Å². The number of benzene rings is 3. The van der Waals surface area contributed by atoms with Gasteiger partial charge < -0.3 is 5.11 Å². The van der Waals surface area contributed by atoms with E-state index in [9.17, 15) is 9.90 Å². The number of hydrogen-bond acceptors (Lipinski definition) is 2. The lowest BCUT2D eigenvalue weighted by Crippen LogP contribution is -2.38. The third kappa shape index (κ3) is 2.87. The number of carbonyl (C=O) groups excluding carboxylic acids is 1. The van der Waals surface area contributed by atoms with Crippen LogP contribution in [0.3, 0.4) is 0 Å². The molecule has 0 bridgehead atoms. The van der Waals surface area contributed by atoms with Crippen LogP contribution in [0.2, 0.25) is 5.02 Å². The molecule has 0 saturated carbocycles. The minimum atomic E-state index is -0.371. The molecule has 1 N–H and O–H groups in total. The third-order valence-electron chi connectivity index (χ3n) is 5.59. The van der Waals surface area contributed by atoms with Gasteiger partial charge in [0.25, 0.3) is 5.91 Å². The first-order valence-electron chi connectivity index (χ1n) is 9.29. The number of para-hydroxylation sites is 1. The summed E-state index contributed by atoms with van der Waals surface area (Å²) < 4.78 is 0. The summed E-state index contributed by atoms with van der Waals surface area (Å²) in [5, 5.41) is 11.2. The van der Waals surface area contributed by atoms with Gasteiger partial charge >= 0.3 is 0 Å². The van der Waals surface area contributed by atoms with Crippen LogP contribution in [0.4, 0.5) is 5.69 Å². The second kappa shape index (κ2) is 6.68. The van der Waals surface area contributed by atoms with Gasteiger partial charge in [0.15, 0.2) is 0 Å². The van der Waals surface area contributed by atoms with Crippen LogP contribution in [0.15, 0.2) is 66.7 Å². The average molecular weight is 392 g/mol. The molecule has 1 amide bonds. The first-order valence-corrected chi connectivity index (χ1v) is 9.66. The number of phenols is 1. The monoisotopic (exact) mass is 391 g/mol. The SMILES string of the molecule is Cc1ccc(O)c([C@@H]2N(C(=O)c3ccc(Cl)cc3)c3ccccc3C2(C)C)c1. The maximum atomic E-state index is 13.6. The summed E-state index contributed by atoms with van der Waals surface area (Å²) in [5.74, 6) is 0.0889. The molecule has 0 fully saturated rings. The van der Waals surface area contributed by atoms with Crippen molar-refractivity contribution >= 4 is 23.2 Å². The van der Waals surface area contributed by atoms with E-state index >= 15 is 0 Å². The van der Waals surface area contributed by atoms with Crippen LogP contribution in [0.1, 0.15) is 46.9 Å². The minimum Gasteiger partial charge on any atom is -0.508 e. The largest absolute Gasteiger partial charge is 0.508 e. The Balaban J connectivity index is 1.93. The van der Waals surface area contributed by atoms with E-state index in [1.165, 1.54) is 0 Å². The molecular weight excluding hydrogens is 370 g/mol. The van der Waals surface area contributed by atoms with E-state index in [2.05, 4.69) is 19.9 Å². The highest BCUT2D eigenvalue weighted by atomic mass is 35.5. The van der Waals surface area contributed by atoms with Crippen molar-refractivity contribution in [3.05, 3.63) is 94.0 Å². The molecule has 0 unspecified atom stereocenters. The molecule has 4 rings (SSSR count). The molecule has 0 spiro atoms. The van der Waals surface area contributed by atoms with Crippen molar-refractivity contribution in [2.75, 3.05) is 4.90 Å². The van der Waals surface area contributed by atoms with Crippen molar-refractivity contribution in [3.63, 3.8) is 0 Å². The fourth-order valence-corrected chi connectivity index (χ4v) is 4.34. The first-order chi connectivity index (χ1) is 13.3. The molecular formula is C24H22ClNO2. The van der Waals surface area contributed by atoms with Crippen molar-refractivity contribution in [1.82, 2.24) is 0 Å². The van der Waals surface area contributed by atoms with Gasteiger partial charge in [0.1, 0.15) is 5.75 Å². The first kappa shape index (κ1) is 18.6. The Morgan fingerprint density at radius 2 is 1.71 bits per heavy atom. The Morgan fingerprint density at radius 1 is 1.04 bits per heavy atom. The van der Waals surface area contributed by atoms with Crippen LogP contribution >= 0.6 is 11.6 Å². The third-order valence-corrected chi connectivity index (χ3v) is 5.84. The van der Waals surface area contributed by atoms with Gasteiger partial charge in [-0.3, -0.25) is 9.69 Å². The number of halogens is 1. The quantitative estimate of drug-likeness (QED) is 0.579. The molecule has 1 aliphatic heterocycles. The predicted molar refractivity (Wildman–Crippen MR) is 113 cm³/mol. The van der Waals surface area contributed by atoms with Gasteiger partial charge in [-0.15, -0.1) is 0 Å². The second-order valence-electron chi connectivity index (χ2n) is 7.89. The highest BCUT2D eigenvalue weighted by Gasteiger charge is 2.48. The maximum absolute atomic E-state index is 13.6. The highest BCUT2D eigenvalue weighted by Crippen LogP contribution is 2.54. The number of nitrogens with zero attached hydrogens (tertiary/aromatic N) is 1. The molecule has 3 aromatic carbocycles. The Kier molecular flexibility index (Phi) is 4.43. The Labute approximate surface area is 170 Å². The molecule has 0 saturated heterocycles. The zero-order valence-corrected chi connectivity index (χ0v) is 16.9. The second-order valence-corrected chi connectivity index (χ2v) is 8.32. The zero-order valence-electron chi connectivity index (χ0n) is 16.1. The summed E-state index contributed by atoms with van der Waals surface area (Å²) in [5.41, 5.74) is 3.95. The smallest absolute Gasteiger partial charge is 0.258 e. The zero-order chi connectivity index (χ0) is 20.1. The standard InChI is InChI=1S/C24H22ClNO2/c1-15-8-13-21(27)18(14-15)22-24(2,3)19-6-4-5-7-20(19)26(22)23(28)16-9-11-17(25)12-10-16/h4-14,22,27H,1-3H3/t22-/m0/s1. The van der Waals surface area contributed by atoms with Gasteiger partial charge in [0, 0.05) is 27.3 Å². The maximum Gasteiger partial charge on any atom is 0.258 e. The number of hydrogen-bond donors (Lipinski definition) is 1. The van der Waals surface area contributed by atoms with Gasteiger partial charge in [-0.05, 0) is 48.9 Å². The van der Waals surface area contributed by atoms with Crippen LogP contribution in [-0.2, 0) is 5.41 Å². The number of rotatable bonds is 2.